The molecule has 0 spiro atoms. The Morgan fingerprint density at radius 1 is 1.32 bits per heavy atom. The van der Waals surface area contributed by atoms with Gasteiger partial charge in [-0.15, -0.1) is 0 Å². The molecular weight excluding hydrogens is 240 g/mol. The summed E-state index contributed by atoms with van der Waals surface area (Å²) in [6.45, 7) is 1.80. The van der Waals surface area contributed by atoms with E-state index in [0.717, 1.165) is 15.8 Å². The second kappa shape index (κ2) is 5.19. The third-order valence-electron chi connectivity index (χ3n) is 2.54. The lowest BCUT2D eigenvalue weighted by molar-refractivity contribution is 0.843. The zero-order valence-electron chi connectivity index (χ0n) is 10.4. The van der Waals surface area contributed by atoms with Crippen LogP contribution >= 0.6 is 0 Å². The van der Waals surface area contributed by atoms with Crippen LogP contribution in [-0.4, -0.2) is 10.9 Å². The van der Waals surface area contributed by atoms with Gasteiger partial charge in [0.1, 0.15) is 5.82 Å². The number of nitrogen functional groups attached to an aromatic ring is 1. The summed E-state index contributed by atoms with van der Waals surface area (Å²) in [7, 11) is 0. The number of nitrogens with zero attached hydrogens (tertiary/aromatic N) is 3. The number of pyridine rings is 1. The van der Waals surface area contributed by atoms with Crippen molar-refractivity contribution in [3.8, 4) is 6.07 Å². The van der Waals surface area contributed by atoms with E-state index in [0.29, 0.717) is 5.56 Å². The van der Waals surface area contributed by atoms with Crippen LogP contribution in [0.3, 0.4) is 0 Å². The van der Waals surface area contributed by atoms with E-state index >= 15 is 0 Å². The second-order valence-electron chi connectivity index (χ2n) is 4.09. The van der Waals surface area contributed by atoms with Crippen molar-refractivity contribution >= 4 is 12.0 Å². The summed E-state index contributed by atoms with van der Waals surface area (Å²) in [6, 6.07) is 12.0. The molecule has 94 valence electrons. The Kier molecular flexibility index (Phi) is 3.44. The molecule has 5 heteroatoms. The lowest BCUT2D eigenvalue weighted by Crippen LogP contribution is -2.19. The minimum atomic E-state index is -0.276. The number of aryl methyl sites for hydroxylation is 1. The molecule has 1 aromatic heterocycles. The lowest BCUT2D eigenvalue weighted by atomic mass is 10.2. The van der Waals surface area contributed by atoms with Crippen molar-refractivity contribution in [2.75, 3.05) is 5.73 Å². The first kappa shape index (κ1) is 12.6. The van der Waals surface area contributed by atoms with Crippen LogP contribution in [0.1, 0.15) is 16.7 Å². The number of nitrogens with two attached hydrogens (primary N) is 1. The van der Waals surface area contributed by atoms with Gasteiger partial charge in [0, 0.05) is 6.07 Å². The highest BCUT2D eigenvalue weighted by Gasteiger charge is 1.99. The van der Waals surface area contributed by atoms with Crippen LogP contribution in [0.15, 0.2) is 46.3 Å². The Bertz CT molecular complexity index is 721. The maximum Gasteiger partial charge on any atom is 0.273 e. The standard InChI is InChI=1S/C14H12N4O/c1-10-6-13(16)18(14(19)7-10)17-9-12-4-2-11(8-15)3-5-12/h2-7,9H,16H2,1H3/b17-9-. The molecule has 0 radical (unpaired) electrons. The summed E-state index contributed by atoms with van der Waals surface area (Å²) < 4.78 is 1.13. The molecule has 2 N–H and O–H groups in total. The van der Waals surface area contributed by atoms with Crippen molar-refractivity contribution in [3.63, 3.8) is 0 Å². The normalized spacial score (nSPS) is 10.5. The van der Waals surface area contributed by atoms with E-state index in [-0.39, 0.29) is 11.4 Å². The first-order valence-electron chi connectivity index (χ1n) is 5.64. The van der Waals surface area contributed by atoms with Crippen LogP contribution < -0.4 is 11.3 Å². The first-order valence-corrected chi connectivity index (χ1v) is 5.64. The smallest absolute Gasteiger partial charge is 0.273 e. The average Bonchev–Trinajstić information content (AvgIpc) is 2.38. The zero-order chi connectivity index (χ0) is 13.8. The van der Waals surface area contributed by atoms with Crippen LogP contribution in [0.4, 0.5) is 5.82 Å². The van der Waals surface area contributed by atoms with Gasteiger partial charge in [0.05, 0.1) is 17.8 Å². The second-order valence-corrected chi connectivity index (χ2v) is 4.09. The Morgan fingerprint density at radius 3 is 2.58 bits per heavy atom. The number of hydrogen-bond acceptors (Lipinski definition) is 4. The van der Waals surface area contributed by atoms with E-state index in [1.54, 1.807) is 37.3 Å². The quantitative estimate of drug-likeness (QED) is 0.822. The van der Waals surface area contributed by atoms with Gasteiger partial charge in [-0.05, 0) is 36.2 Å². The van der Waals surface area contributed by atoms with Crippen molar-refractivity contribution in [2.24, 2.45) is 5.10 Å². The number of nitriles is 1. The van der Waals surface area contributed by atoms with E-state index in [4.69, 9.17) is 11.0 Å². The molecule has 5 nitrogen and oxygen atoms in total. The molecule has 0 bridgehead atoms. The van der Waals surface area contributed by atoms with Gasteiger partial charge in [0.25, 0.3) is 5.56 Å². The molecule has 0 aliphatic carbocycles. The molecule has 0 aliphatic rings. The molecule has 2 rings (SSSR count). The van der Waals surface area contributed by atoms with Crippen molar-refractivity contribution in [1.82, 2.24) is 4.68 Å². The minimum Gasteiger partial charge on any atom is -0.384 e. The van der Waals surface area contributed by atoms with Gasteiger partial charge < -0.3 is 5.73 Å². The monoisotopic (exact) mass is 252 g/mol. The minimum absolute atomic E-state index is 0.276. The highest BCUT2D eigenvalue weighted by atomic mass is 16.1. The van der Waals surface area contributed by atoms with Gasteiger partial charge in [-0.2, -0.15) is 15.0 Å². The fourth-order valence-electron chi connectivity index (χ4n) is 1.61. The number of anilines is 1. The Balaban J connectivity index is 2.33. The third-order valence-corrected chi connectivity index (χ3v) is 2.54. The van der Waals surface area contributed by atoms with Crippen molar-refractivity contribution in [1.29, 1.82) is 5.26 Å². The van der Waals surface area contributed by atoms with Crippen LogP contribution in [0.25, 0.3) is 0 Å². The third kappa shape index (κ3) is 2.87. The molecule has 0 fully saturated rings. The fourth-order valence-corrected chi connectivity index (χ4v) is 1.61. The molecule has 0 atom stereocenters. The SMILES string of the molecule is Cc1cc(N)n(/N=C\c2ccc(C#N)cc2)c(=O)c1. The van der Waals surface area contributed by atoms with Crippen LogP contribution in [-0.2, 0) is 0 Å². The maximum atomic E-state index is 11.7. The summed E-state index contributed by atoms with van der Waals surface area (Å²) in [6.07, 6.45) is 1.52. The molecule has 0 unspecified atom stereocenters. The molecule has 2 aromatic rings. The Morgan fingerprint density at radius 2 is 2.00 bits per heavy atom. The largest absolute Gasteiger partial charge is 0.384 e. The summed E-state index contributed by atoms with van der Waals surface area (Å²) >= 11 is 0. The maximum absolute atomic E-state index is 11.7. The van der Waals surface area contributed by atoms with E-state index in [9.17, 15) is 4.79 Å². The number of aromatic nitrogens is 1. The summed E-state index contributed by atoms with van der Waals surface area (Å²) in [5.41, 5.74) is 7.62. The Labute approximate surface area is 110 Å². The predicted molar refractivity (Wildman–Crippen MR) is 74.0 cm³/mol. The van der Waals surface area contributed by atoms with Crippen molar-refractivity contribution in [2.45, 2.75) is 6.92 Å². The van der Waals surface area contributed by atoms with Crippen LogP contribution in [0.5, 0.6) is 0 Å². The average molecular weight is 252 g/mol. The van der Waals surface area contributed by atoms with Crippen LogP contribution in [0.2, 0.25) is 0 Å². The topological polar surface area (TPSA) is 84.2 Å². The highest BCUT2D eigenvalue weighted by Crippen LogP contribution is 2.04. The fraction of sp³-hybridized carbons (Fsp3) is 0.0714. The first-order chi connectivity index (χ1) is 9.10. The highest BCUT2D eigenvalue weighted by molar-refractivity contribution is 5.79. The zero-order valence-corrected chi connectivity index (χ0v) is 10.4. The number of benzene rings is 1. The van der Waals surface area contributed by atoms with Gasteiger partial charge in [-0.25, -0.2) is 0 Å². The number of rotatable bonds is 2. The molecule has 1 heterocycles. The predicted octanol–water partition coefficient (Wildman–Crippen LogP) is 1.49. The van der Waals surface area contributed by atoms with Crippen molar-refractivity contribution < 1.29 is 0 Å². The molecule has 0 saturated carbocycles. The van der Waals surface area contributed by atoms with Gasteiger partial charge in [-0.1, -0.05) is 12.1 Å². The molecule has 0 amide bonds. The van der Waals surface area contributed by atoms with Gasteiger partial charge >= 0.3 is 0 Å². The van der Waals surface area contributed by atoms with E-state index in [1.807, 2.05) is 6.07 Å². The van der Waals surface area contributed by atoms with Gasteiger partial charge in [0.15, 0.2) is 0 Å². The summed E-state index contributed by atoms with van der Waals surface area (Å²) in [4.78, 5) is 11.7. The molecule has 0 saturated heterocycles. The van der Waals surface area contributed by atoms with E-state index in [1.165, 1.54) is 12.3 Å². The van der Waals surface area contributed by atoms with E-state index < -0.39 is 0 Å². The van der Waals surface area contributed by atoms with E-state index in [2.05, 4.69) is 5.10 Å². The summed E-state index contributed by atoms with van der Waals surface area (Å²) in [5.74, 6) is 0.287. The number of hydrogen-bond donors (Lipinski definition) is 1. The van der Waals surface area contributed by atoms with Crippen molar-refractivity contribution in [3.05, 3.63) is 63.4 Å². The van der Waals surface area contributed by atoms with Gasteiger partial charge in [-0.3, -0.25) is 4.79 Å². The molecular formula is C14H12N4O. The Hall–Kier alpha value is -2.87. The molecule has 19 heavy (non-hydrogen) atoms. The van der Waals surface area contributed by atoms with Gasteiger partial charge in [0.2, 0.25) is 0 Å². The van der Waals surface area contributed by atoms with Crippen LogP contribution in [0, 0.1) is 18.3 Å². The molecule has 0 aliphatic heterocycles. The summed E-state index contributed by atoms with van der Waals surface area (Å²) in [5, 5.41) is 12.7. The molecule has 1 aromatic carbocycles. The lowest BCUT2D eigenvalue weighted by Gasteiger charge is -2.03.